The summed E-state index contributed by atoms with van der Waals surface area (Å²) in [6.07, 6.45) is -4.22. The van der Waals surface area contributed by atoms with Gasteiger partial charge in [0.05, 0.1) is 6.61 Å². The van der Waals surface area contributed by atoms with Crippen LogP contribution in [0.4, 0.5) is 13.2 Å². The van der Waals surface area contributed by atoms with Crippen molar-refractivity contribution in [3.63, 3.8) is 0 Å². The van der Waals surface area contributed by atoms with Gasteiger partial charge in [-0.1, -0.05) is 0 Å². The Balaban J connectivity index is 3.81. The third-order valence-electron chi connectivity index (χ3n) is 1.08. The molecule has 1 N–H and O–H groups in total. The van der Waals surface area contributed by atoms with Crippen LogP contribution >= 0.6 is 0 Å². The molecule has 0 amide bonds. The summed E-state index contributed by atoms with van der Waals surface area (Å²) in [5, 5.41) is 2.09. The molecule has 0 heterocycles. The number of methoxy groups -OCH3 is 1. The summed E-state index contributed by atoms with van der Waals surface area (Å²) in [5.74, 6) is 0. The third-order valence-corrected chi connectivity index (χ3v) is 1.08. The zero-order chi connectivity index (χ0) is 8.20. The van der Waals surface area contributed by atoms with Gasteiger partial charge in [0, 0.05) is 7.11 Å². The van der Waals surface area contributed by atoms with Crippen LogP contribution in [0.5, 0.6) is 0 Å². The smallest absolute Gasteiger partial charge is 0.383 e. The highest BCUT2D eigenvalue weighted by molar-refractivity contribution is 4.71. The molecule has 5 heteroatoms. The van der Waals surface area contributed by atoms with Gasteiger partial charge in [-0.05, 0) is 7.05 Å². The maximum absolute atomic E-state index is 11.8. The van der Waals surface area contributed by atoms with E-state index in [9.17, 15) is 13.2 Å². The van der Waals surface area contributed by atoms with Crippen LogP contribution in [0.15, 0.2) is 0 Å². The molecule has 0 aliphatic carbocycles. The summed E-state index contributed by atoms with van der Waals surface area (Å²) in [5.41, 5.74) is 0. The first-order valence-corrected chi connectivity index (χ1v) is 2.75. The first kappa shape index (κ1) is 9.71. The van der Waals surface area contributed by atoms with E-state index in [1.807, 2.05) is 0 Å². The molecular formula is C5H10F3NO. The number of hydrogen-bond donors (Lipinski definition) is 1. The Bertz CT molecular complexity index is 93.4. The van der Waals surface area contributed by atoms with Crippen LogP contribution < -0.4 is 5.32 Å². The molecule has 0 saturated heterocycles. The van der Waals surface area contributed by atoms with Crippen LogP contribution in [0, 0.1) is 0 Å². The van der Waals surface area contributed by atoms with Gasteiger partial charge in [0.15, 0.2) is 0 Å². The fourth-order valence-corrected chi connectivity index (χ4v) is 0.508. The Morgan fingerprint density at radius 2 is 2.00 bits per heavy atom. The maximum Gasteiger partial charge on any atom is 0.406 e. The van der Waals surface area contributed by atoms with Crippen LogP contribution in [-0.2, 0) is 4.74 Å². The molecule has 0 saturated carbocycles. The van der Waals surface area contributed by atoms with Gasteiger partial charge in [-0.3, -0.25) is 0 Å². The van der Waals surface area contributed by atoms with Gasteiger partial charge in [-0.15, -0.1) is 0 Å². The fraction of sp³-hybridized carbons (Fsp3) is 1.00. The van der Waals surface area contributed by atoms with Crippen LogP contribution in [-0.4, -0.2) is 33.0 Å². The average Bonchev–Trinajstić information content (AvgIpc) is 1.80. The summed E-state index contributed by atoms with van der Waals surface area (Å²) in [7, 11) is 2.48. The topological polar surface area (TPSA) is 21.3 Å². The van der Waals surface area contributed by atoms with E-state index in [1.165, 1.54) is 14.2 Å². The molecule has 62 valence electrons. The molecule has 0 radical (unpaired) electrons. The summed E-state index contributed by atoms with van der Waals surface area (Å²) >= 11 is 0. The maximum atomic E-state index is 11.8. The van der Waals surface area contributed by atoms with Gasteiger partial charge >= 0.3 is 6.18 Å². The fourth-order valence-electron chi connectivity index (χ4n) is 0.508. The van der Waals surface area contributed by atoms with E-state index in [2.05, 4.69) is 10.1 Å². The molecule has 0 aromatic carbocycles. The predicted molar refractivity (Wildman–Crippen MR) is 30.8 cm³/mol. The van der Waals surface area contributed by atoms with Gasteiger partial charge < -0.3 is 10.1 Å². The number of halogens is 3. The molecule has 1 atom stereocenters. The van der Waals surface area contributed by atoms with Crippen molar-refractivity contribution in [1.82, 2.24) is 5.32 Å². The lowest BCUT2D eigenvalue weighted by Gasteiger charge is -2.17. The van der Waals surface area contributed by atoms with E-state index in [4.69, 9.17) is 0 Å². The van der Waals surface area contributed by atoms with E-state index in [0.29, 0.717) is 0 Å². The van der Waals surface area contributed by atoms with Crippen molar-refractivity contribution in [3.8, 4) is 0 Å². The minimum absolute atomic E-state index is 0.347. The first-order valence-electron chi connectivity index (χ1n) is 2.75. The van der Waals surface area contributed by atoms with Crippen LogP contribution in [0.3, 0.4) is 0 Å². The Labute approximate surface area is 57.4 Å². The van der Waals surface area contributed by atoms with Gasteiger partial charge in [-0.25, -0.2) is 0 Å². The van der Waals surface area contributed by atoms with E-state index in [-0.39, 0.29) is 6.61 Å². The summed E-state index contributed by atoms with van der Waals surface area (Å²) < 4.78 is 39.6. The van der Waals surface area contributed by atoms with Gasteiger partial charge in [-0.2, -0.15) is 13.2 Å². The second kappa shape index (κ2) is 3.78. The highest BCUT2D eigenvalue weighted by Crippen LogP contribution is 2.19. The molecule has 0 aromatic heterocycles. The zero-order valence-electron chi connectivity index (χ0n) is 5.83. The van der Waals surface area contributed by atoms with E-state index in [0.717, 1.165) is 0 Å². The summed E-state index contributed by atoms with van der Waals surface area (Å²) in [6, 6.07) is -1.56. The Kier molecular flexibility index (Phi) is 3.67. The Morgan fingerprint density at radius 1 is 1.50 bits per heavy atom. The second-order valence-corrected chi connectivity index (χ2v) is 1.84. The van der Waals surface area contributed by atoms with Gasteiger partial charge in [0.1, 0.15) is 6.04 Å². The minimum Gasteiger partial charge on any atom is -0.383 e. The van der Waals surface area contributed by atoms with Crippen LogP contribution in [0.25, 0.3) is 0 Å². The molecule has 0 aliphatic rings. The van der Waals surface area contributed by atoms with Crippen molar-refractivity contribution in [3.05, 3.63) is 0 Å². The summed E-state index contributed by atoms with van der Waals surface area (Å²) in [6.45, 7) is -0.347. The van der Waals surface area contributed by atoms with Gasteiger partial charge in [0.25, 0.3) is 0 Å². The van der Waals surface area contributed by atoms with Crippen LogP contribution in [0.2, 0.25) is 0 Å². The average molecular weight is 157 g/mol. The first-order chi connectivity index (χ1) is 4.52. The number of alkyl halides is 3. The molecule has 0 fully saturated rings. The molecule has 0 rings (SSSR count). The normalized spacial score (nSPS) is 15.3. The van der Waals surface area contributed by atoms with E-state index >= 15 is 0 Å². The molecule has 0 unspecified atom stereocenters. The van der Waals surface area contributed by atoms with Gasteiger partial charge in [0.2, 0.25) is 0 Å². The molecule has 10 heavy (non-hydrogen) atoms. The third kappa shape index (κ3) is 3.03. The molecule has 0 aromatic rings. The predicted octanol–water partition coefficient (Wildman–Crippen LogP) is 0.783. The van der Waals surface area contributed by atoms with E-state index in [1.54, 1.807) is 0 Å². The zero-order valence-corrected chi connectivity index (χ0v) is 5.83. The molecule has 0 bridgehead atoms. The van der Waals surface area contributed by atoms with Crippen LogP contribution in [0.1, 0.15) is 0 Å². The molecule has 0 aliphatic heterocycles. The Morgan fingerprint density at radius 3 is 2.10 bits per heavy atom. The Hall–Kier alpha value is -0.290. The van der Waals surface area contributed by atoms with Crippen molar-refractivity contribution >= 4 is 0 Å². The summed E-state index contributed by atoms with van der Waals surface area (Å²) in [4.78, 5) is 0. The number of rotatable bonds is 3. The minimum atomic E-state index is -4.22. The largest absolute Gasteiger partial charge is 0.406 e. The molecule has 2 nitrogen and oxygen atoms in total. The van der Waals surface area contributed by atoms with E-state index < -0.39 is 12.2 Å². The highest BCUT2D eigenvalue weighted by Gasteiger charge is 2.38. The van der Waals surface area contributed by atoms with Crippen molar-refractivity contribution in [1.29, 1.82) is 0 Å². The van der Waals surface area contributed by atoms with Crippen molar-refractivity contribution in [2.75, 3.05) is 20.8 Å². The van der Waals surface area contributed by atoms with Crippen molar-refractivity contribution in [2.45, 2.75) is 12.2 Å². The molecule has 0 spiro atoms. The standard InChI is InChI=1S/C5H10F3NO/c1-9-4(3-10-2)5(6,7)8/h4,9H,3H2,1-2H3/t4-/m0/s1. The lowest BCUT2D eigenvalue weighted by atomic mass is 10.3. The quantitative estimate of drug-likeness (QED) is 0.653. The second-order valence-electron chi connectivity index (χ2n) is 1.84. The number of hydrogen-bond acceptors (Lipinski definition) is 2. The highest BCUT2D eigenvalue weighted by atomic mass is 19.4. The van der Waals surface area contributed by atoms with Crippen molar-refractivity contribution < 1.29 is 17.9 Å². The number of nitrogens with one attached hydrogen (secondary N) is 1. The SMILES string of the molecule is CN[C@@H](COC)C(F)(F)F. The monoisotopic (exact) mass is 157 g/mol. The molecular weight excluding hydrogens is 147 g/mol. The number of likely N-dealkylation sites (N-methyl/N-ethyl adjacent to an activating group) is 1. The van der Waals surface area contributed by atoms with Crippen molar-refractivity contribution in [2.24, 2.45) is 0 Å². The lowest BCUT2D eigenvalue weighted by molar-refractivity contribution is -0.164. The lowest BCUT2D eigenvalue weighted by Crippen LogP contribution is -2.43. The number of ether oxygens (including phenoxy) is 1.